The fourth-order valence-electron chi connectivity index (χ4n) is 2.87. The van der Waals surface area contributed by atoms with Crippen molar-refractivity contribution in [1.29, 1.82) is 0 Å². The Morgan fingerprint density at radius 2 is 1.58 bits per heavy atom. The molecule has 0 heterocycles. The second-order valence-corrected chi connectivity index (χ2v) is 9.38. The summed E-state index contributed by atoms with van der Waals surface area (Å²) in [5.74, 6) is -0.0797. The fourth-order valence-corrected chi connectivity index (χ4v) is 3.87. The molecule has 0 spiro atoms. The van der Waals surface area contributed by atoms with Crippen LogP contribution in [-0.4, -0.2) is 39.7 Å². The zero-order valence-electron chi connectivity index (χ0n) is 19.7. The van der Waals surface area contributed by atoms with Crippen molar-refractivity contribution in [2.75, 3.05) is 13.2 Å². The number of nitrogens with zero attached hydrogens (tertiary/aromatic N) is 1. The van der Waals surface area contributed by atoms with E-state index in [-0.39, 0.29) is 4.90 Å². The minimum atomic E-state index is -3.79. The number of carbonyl (C=O) groups excluding carboxylic acids is 2. The van der Waals surface area contributed by atoms with Gasteiger partial charge in [-0.05, 0) is 72.6 Å². The topological polar surface area (TPSA) is 123 Å². The molecule has 0 saturated carbocycles. The first kappa shape index (κ1) is 26.6. The van der Waals surface area contributed by atoms with Crippen LogP contribution in [0.3, 0.4) is 0 Å². The molecule has 0 radical (unpaired) electrons. The average molecular weight is 510 g/mol. The summed E-state index contributed by atoms with van der Waals surface area (Å²) in [6, 6.07) is 21.0. The molecule has 36 heavy (non-hydrogen) atoms. The van der Waals surface area contributed by atoms with Crippen LogP contribution in [0.4, 0.5) is 0 Å². The van der Waals surface area contributed by atoms with Gasteiger partial charge in [0, 0.05) is 0 Å². The highest BCUT2D eigenvalue weighted by Crippen LogP contribution is 2.17. The number of ether oxygens (including phenoxy) is 2. The van der Waals surface area contributed by atoms with Crippen LogP contribution in [0, 0.1) is 0 Å². The summed E-state index contributed by atoms with van der Waals surface area (Å²) in [5.41, 5.74) is 3.28. The smallest absolute Gasteiger partial charge is 0.343 e. The summed E-state index contributed by atoms with van der Waals surface area (Å²) in [7, 11) is -3.79. The first-order valence-corrected chi connectivity index (χ1v) is 12.8. The number of rotatable bonds is 12. The standard InChI is InChI=1S/C26H27N3O6S/c1-2-3-17-34-22-15-11-21(12-16-22)26(31)35-23-13-9-20(10-14-23)18-27-29-25(30)19-28-36(32,33)24-7-5-4-6-8-24/h4-16,18,28H,2-3,17,19H2,1H3,(H,29,30)/b27-18+. The second kappa shape index (κ2) is 13.2. The molecule has 10 heteroatoms. The number of nitrogens with one attached hydrogen (secondary N) is 2. The van der Waals surface area contributed by atoms with E-state index in [2.05, 4.69) is 22.2 Å². The molecule has 3 aromatic rings. The summed E-state index contributed by atoms with van der Waals surface area (Å²) in [6.07, 6.45) is 3.39. The predicted octanol–water partition coefficient (Wildman–Crippen LogP) is 3.51. The van der Waals surface area contributed by atoms with Gasteiger partial charge >= 0.3 is 5.97 Å². The SMILES string of the molecule is CCCCOc1ccc(C(=O)Oc2ccc(/C=N/NC(=O)CNS(=O)(=O)c3ccccc3)cc2)cc1. The van der Waals surface area contributed by atoms with Crippen molar-refractivity contribution >= 4 is 28.1 Å². The van der Waals surface area contributed by atoms with E-state index in [4.69, 9.17) is 9.47 Å². The Morgan fingerprint density at radius 3 is 2.25 bits per heavy atom. The van der Waals surface area contributed by atoms with E-state index in [1.165, 1.54) is 18.3 Å². The van der Waals surface area contributed by atoms with Crippen molar-refractivity contribution in [1.82, 2.24) is 10.1 Å². The Balaban J connectivity index is 1.44. The van der Waals surface area contributed by atoms with Gasteiger partial charge in [0.2, 0.25) is 10.0 Å². The molecule has 0 bridgehead atoms. The minimum absolute atomic E-state index is 0.0653. The van der Waals surface area contributed by atoms with E-state index in [0.717, 1.165) is 12.8 Å². The lowest BCUT2D eigenvalue weighted by Crippen LogP contribution is -2.34. The van der Waals surface area contributed by atoms with E-state index in [0.29, 0.717) is 29.2 Å². The van der Waals surface area contributed by atoms with Crippen LogP contribution in [0.1, 0.15) is 35.7 Å². The van der Waals surface area contributed by atoms with Crippen molar-refractivity contribution < 1.29 is 27.5 Å². The Bertz CT molecular complexity index is 1280. The molecule has 0 aliphatic heterocycles. The van der Waals surface area contributed by atoms with Crippen LogP contribution < -0.4 is 19.6 Å². The van der Waals surface area contributed by atoms with Crippen molar-refractivity contribution in [3.05, 3.63) is 90.0 Å². The van der Waals surface area contributed by atoms with Crippen LogP contribution in [0.5, 0.6) is 11.5 Å². The number of sulfonamides is 1. The first-order chi connectivity index (χ1) is 17.4. The van der Waals surface area contributed by atoms with Gasteiger partial charge in [-0.15, -0.1) is 0 Å². The van der Waals surface area contributed by atoms with Gasteiger partial charge < -0.3 is 9.47 Å². The van der Waals surface area contributed by atoms with Crippen molar-refractivity contribution in [3.63, 3.8) is 0 Å². The lowest BCUT2D eigenvalue weighted by atomic mass is 10.2. The van der Waals surface area contributed by atoms with Crippen molar-refractivity contribution in [3.8, 4) is 11.5 Å². The quantitative estimate of drug-likeness (QED) is 0.127. The molecule has 0 saturated heterocycles. The minimum Gasteiger partial charge on any atom is -0.494 e. The third-order valence-corrected chi connectivity index (χ3v) is 6.24. The summed E-state index contributed by atoms with van der Waals surface area (Å²) in [6.45, 7) is 2.25. The van der Waals surface area contributed by atoms with E-state index >= 15 is 0 Å². The predicted molar refractivity (Wildman–Crippen MR) is 136 cm³/mol. The van der Waals surface area contributed by atoms with Gasteiger partial charge in [-0.1, -0.05) is 31.5 Å². The Morgan fingerprint density at radius 1 is 0.917 bits per heavy atom. The molecule has 0 atom stereocenters. The monoisotopic (exact) mass is 509 g/mol. The van der Waals surface area contributed by atoms with E-state index in [1.54, 1.807) is 66.7 Å². The van der Waals surface area contributed by atoms with Crippen LogP contribution >= 0.6 is 0 Å². The van der Waals surface area contributed by atoms with E-state index in [9.17, 15) is 18.0 Å². The molecule has 0 aliphatic carbocycles. The number of hydrogen-bond donors (Lipinski definition) is 2. The van der Waals surface area contributed by atoms with Gasteiger partial charge in [-0.2, -0.15) is 5.10 Å². The highest BCUT2D eigenvalue weighted by atomic mass is 32.2. The number of unbranched alkanes of at least 4 members (excludes halogenated alkanes) is 1. The lowest BCUT2D eigenvalue weighted by molar-refractivity contribution is -0.119. The largest absolute Gasteiger partial charge is 0.494 e. The highest BCUT2D eigenvalue weighted by Gasteiger charge is 2.14. The molecule has 188 valence electrons. The van der Waals surface area contributed by atoms with Crippen LogP contribution in [0.15, 0.2) is 88.9 Å². The molecule has 3 rings (SSSR count). The maximum atomic E-state index is 12.4. The van der Waals surface area contributed by atoms with E-state index < -0.39 is 28.4 Å². The maximum absolute atomic E-state index is 12.4. The average Bonchev–Trinajstić information content (AvgIpc) is 2.89. The zero-order valence-corrected chi connectivity index (χ0v) is 20.5. The third-order valence-electron chi connectivity index (χ3n) is 4.83. The zero-order chi connectivity index (χ0) is 25.8. The van der Waals surface area contributed by atoms with Gasteiger partial charge in [-0.3, -0.25) is 4.79 Å². The number of carbonyl (C=O) groups is 2. The van der Waals surface area contributed by atoms with Gasteiger partial charge in [-0.25, -0.2) is 23.4 Å². The highest BCUT2D eigenvalue weighted by molar-refractivity contribution is 7.89. The Labute approximate surface area is 210 Å². The van der Waals surface area contributed by atoms with Gasteiger partial charge in [0.05, 0.1) is 29.8 Å². The molecule has 0 fully saturated rings. The summed E-state index contributed by atoms with van der Waals surface area (Å²) < 4.78 is 37.4. The van der Waals surface area contributed by atoms with Crippen molar-refractivity contribution in [2.45, 2.75) is 24.7 Å². The van der Waals surface area contributed by atoms with Gasteiger partial charge in [0.15, 0.2) is 0 Å². The number of hydrogen-bond acceptors (Lipinski definition) is 7. The van der Waals surface area contributed by atoms with Crippen molar-refractivity contribution in [2.24, 2.45) is 5.10 Å². The molecule has 2 N–H and O–H groups in total. The number of amides is 1. The molecule has 9 nitrogen and oxygen atoms in total. The van der Waals surface area contributed by atoms with Crippen LogP contribution in [-0.2, 0) is 14.8 Å². The summed E-state index contributed by atoms with van der Waals surface area (Å²) in [4.78, 5) is 24.3. The number of hydrazone groups is 1. The lowest BCUT2D eigenvalue weighted by Gasteiger charge is -2.07. The fraction of sp³-hybridized carbons (Fsp3) is 0.192. The molecular weight excluding hydrogens is 482 g/mol. The first-order valence-electron chi connectivity index (χ1n) is 11.3. The van der Waals surface area contributed by atoms with E-state index in [1.807, 2.05) is 0 Å². The number of esters is 1. The third kappa shape index (κ3) is 8.33. The molecule has 3 aromatic carbocycles. The second-order valence-electron chi connectivity index (χ2n) is 7.62. The van der Waals surface area contributed by atoms with Gasteiger partial charge in [0.25, 0.3) is 5.91 Å². The molecule has 0 aromatic heterocycles. The molecule has 0 aliphatic rings. The van der Waals surface area contributed by atoms with Crippen LogP contribution in [0.2, 0.25) is 0 Å². The van der Waals surface area contributed by atoms with Crippen LogP contribution in [0.25, 0.3) is 0 Å². The maximum Gasteiger partial charge on any atom is 0.343 e. The normalized spacial score (nSPS) is 11.2. The Kier molecular flexibility index (Phi) is 9.73. The summed E-state index contributed by atoms with van der Waals surface area (Å²) in [5, 5.41) is 3.81. The molecule has 1 amide bonds. The van der Waals surface area contributed by atoms with Gasteiger partial charge in [0.1, 0.15) is 11.5 Å². The summed E-state index contributed by atoms with van der Waals surface area (Å²) >= 11 is 0. The number of benzene rings is 3. The Hall–Kier alpha value is -4.02. The molecular formula is C26H27N3O6S. The molecule has 0 unspecified atom stereocenters.